The molecular weight excluding hydrogens is 586 g/mol. The molecule has 2 aromatic carbocycles. The number of piperidine rings is 2. The summed E-state index contributed by atoms with van der Waals surface area (Å²) in [5.74, 6) is -0.834. The fraction of sp³-hybridized carbons (Fsp3) is 0.433. The Bertz CT molecular complexity index is 1410. The first-order chi connectivity index (χ1) is 19.4. The highest BCUT2D eigenvalue weighted by Crippen LogP contribution is 2.29. The molecule has 2 aromatic heterocycles. The Labute approximate surface area is 256 Å². The van der Waals surface area contributed by atoms with Gasteiger partial charge in [0.05, 0.1) is 12.4 Å². The Morgan fingerprint density at radius 3 is 2.33 bits per heavy atom. The summed E-state index contributed by atoms with van der Waals surface area (Å²) in [5, 5.41) is 19.8. The first kappa shape index (κ1) is 33.6. The number of aromatic nitrogens is 1. The summed E-state index contributed by atoms with van der Waals surface area (Å²) in [5.41, 5.74) is 7.96. The van der Waals surface area contributed by atoms with Crippen molar-refractivity contribution in [2.24, 2.45) is 5.73 Å². The highest BCUT2D eigenvalue weighted by molar-refractivity contribution is 5.96. The van der Waals surface area contributed by atoms with Gasteiger partial charge in [-0.15, -0.1) is 24.8 Å². The molecule has 0 spiro atoms. The molecule has 0 atom stereocenters. The fourth-order valence-electron chi connectivity index (χ4n) is 5.29. The van der Waals surface area contributed by atoms with Crippen molar-refractivity contribution >= 4 is 52.7 Å². The van der Waals surface area contributed by atoms with Crippen molar-refractivity contribution < 1.29 is 28.6 Å². The third kappa shape index (κ3) is 8.59. The van der Waals surface area contributed by atoms with Crippen molar-refractivity contribution in [2.75, 3.05) is 39.3 Å². The molecule has 230 valence electrons. The molecule has 6 rings (SSSR count). The summed E-state index contributed by atoms with van der Waals surface area (Å²) in [7, 11) is 0. The van der Waals surface area contributed by atoms with Crippen LogP contribution in [-0.4, -0.2) is 82.4 Å². The Morgan fingerprint density at radius 2 is 1.67 bits per heavy atom. The van der Waals surface area contributed by atoms with Gasteiger partial charge in [0.1, 0.15) is 29.5 Å². The maximum atomic E-state index is 13.4. The van der Waals surface area contributed by atoms with E-state index in [1.807, 2.05) is 0 Å². The number of carbonyl (C=O) groups is 1. The Morgan fingerprint density at radius 1 is 1.00 bits per heavy atom. The molecule has 4 heterocycles. The van der Waals surface area contributed by atoms with Gasteiger partial charge in [-0.2, -0.15) is 0 Å². The largest absolute Gasteiger partial charge is 0.488 e. The number of aromatic carboxylic acids is 1. The van der Waals surface area contributed by atoms with Crippen molar-refractivity contribution in [3.63, 3.8) is 0 Å². The number of halogens is 3. The predicted molar refractivity (Wildman–Crippen MR) is 166 cm³/mol. The van der Waals surface area contributed by atoms with E-state index in [-0.39, 0.29) is 49.0 Å². The molecule has 0 amide bonds. The highest BCUT2D eigenvalue weighted by atomic mass is 35.5. The van der Waals surface area contributed by atoms with E-state index < -0.39 is 5.97 Å². The zero-order valence-corrected chi connectivity index (χ0v) is 25.0. The number of nitrogens with one attached hydrogen (secondary N) is 1. The number of aromatic amines is 1. The van der Waals surface area contributed by atoms with Crippen LogP contribution in [0.4, 0.5) is 4.39 Å². The number of hydrogen-bond acceptors (Lipinski definition) is 7. The second kappa shape index (κ2) is 15.6. The van der Waals surface area contributed by atoms with Crippen LogP contribution in [0, 0.1) is 5.82 Å². The molecule has 4 aromatic rings. The van der Waals surface area contributed by atoms with Gasteiger partial charge in [-0.3, -0.25) is 0 Å². The number of hydrogen-bond donors (Lipinski definition) is 4. The summed E-state index contributed by atoms with van der Waals surface area (Å²) in [6.07, 6.45) is 5.68. The number of benzene rings is 2. The lowest BCUT2D eigenvalue weighted by atomic mass is 10.1. The van der Waals surface area contributed by atoms with Crippen molar-refractivity contribution in [3.8, 4) is 5.75 Å². The summed E-state index contributed by atoms with van der Waals surface area (Å²) in [6.45, 7) is 6.96. The van der Waals surface area contributed by atoms with E-state index in [0.717, 1.165) is 64.0 Å². The van der Waals surface area contributed by atoms with Crippen LogP contribution < -0.4 is 10.5 Å². The maximum absolute atomic E-state index is 13.4. The second-order valence-electron chi connectivity index (χ2n) is 10.6. The molecule has 0 radical (unpaired) electrons. The quantitative estimate of drug-likeness (QED) is 0.225. The predicted octanol–water partition coefficient (Wildman–Crippen LogP) is 5.04. The summed E-state index contributed by atoms with van der Waals surface area (Å²) in [4.78, 5) is 18.9. The summed E-state index contributed by atoms with van der Waals surface area (Å²) >= 11 is 0. The molecule has 5 N–H and O–H groups in total. The number of fused-ring (bicyclic) bond motifs is 2. The van der Waals surface area contributed by atoms with Gasteiger partial charge >= 0.3 is 5.97 Å². The number of ether oxygens (including phenoxy) is 1. The number of aliphatic hydroxyl groups excluding tert-OH is 1. The normalized spacial score (nSPS) is 16.8. The standard InChI is InChI=1S/C18H12FNO4.C12H25N3O.2ClH/c19-11-4-5-17-12(6-11)10(9-24-17)8-23-16-3-1-2-14-13(16)7-15(20-14)18(21)22;13-11-1-5-14(6-2-11)9-10-15-7-3-12(16)4-8-15;;/h1-7,9,20H,8H2,(H,21,22);11-12,16H,1-10,13H2;2*1H. The molecule has 2 aliphatic heterocycles. The van der Waals surface area contributed by atoms with Crippen LogP contribution in [0.1, 0.15) is 41.7 Å². The van der Waals surface area contributed by atoms with E-state index >= 15 is 0 Å². The van der Waals surface area contributed by atoms with E-state index in [0.29, 0.717) is 33.7 Å². The van der Waals surface area contributed by atoms with Gasteiger partial charge in [0, 0.05) is 54.1 Å². The topological polar surface area (TPSA) is 128 Å². The number of nitrogens with two attached hydrogens (primary N) is 1. The number of furan rings is 1. The van der Waals surface area contributed by atoms with E-state index in [1.165, 1.54) is 31.0 Å². The zero-order valence-electron chi connectivity index (χ0n) is 23.3. The molecule has 9 nitrogen and oxygen atoms in total. The highest BCUT2D eigenvalue weighted by Gasteiger charge is 2.19. The first-order valence-corrected chi connectivity index (χ1v) is 13.9. The van der Waals surface area contributed by atoms with E-state index in [2.05, 4.69) is 14.8 Å². The molecule has 0 bridgehead atoms. The first-order valence-electron chi connectivity index (χ1n) is 13.9. The van der Waals surface area contributed by atoms with Crippen molar-refractivity contribution in [1.82, 2.24) is 14.8 Å². The van der Waals surface area contributed by atoms with Gasteiger partial charge < -0.3 is 39.9 Å². The van der Waals surface area contributed by atoms with Gasteiger partial charge in [-0.25, -0.2) is 9.18 Å². The number of carboxylic acids is 1. The molecule has 2 saturated heterocycles. The van der Waals surface area contributed by atoms with Gasteiger partial charge in [-0.1, -0.05) is 6.07 Å². The molecule has 0 saturated carbocycles. The minimum Gasteiger partial charge on any atom is -0.488 e. The average Bonchev–Trinajstić information content (AvgIpc) is 3.57. The molecule has 12 heteroatoms. The molecule has 42 heavy (non-hydrogen) atoms. The van der Waals surface area contributed by atoms with E-state index in [4.69, 9.17) is 20.0 Å². The van der Waals surface area contributed by atoms with Gasteiger partial charge in [0.15, 0.2) is 0 Å². The van der Waals surface area contributed by atoms with Crippen LogP contribution in [0.5, 0.6) is 5.75 Å². The van der Waals surface area contributed by atoms with Crippen molar-refractivity contribution in [1.29, 1.82) is 0 Å². The molecule has 0 aliphatic carbocycles. The Hall–Kier alpha value is -2.86. The van der Waals surface area contributed by atoms with Crippen molar-refractivity contribution in [2.45, 2.75) is 44.4 Å². The SMILES string of the molecule is Cl.Cl.NC1CCN(CCN2CCC(O)CC2)CC1.O=C(O)c1cc2c(OCc3coc4ccc(F)cc34)cccc2[nH]1. The summed E-state index contributed by atoms with van der Waals surface area (Å²) in [6, 6.07) is 11.6. The van der Waals surface area contributed by atoms with Gasteiger partial charge in [0.2, 0.25) is 0 Å². The number of carboxylic acid groups (broad SMARTS) is 1. The monoisotopic (exact) mass is 624 g/mol. The average molecular weight is 626 g/mol. The zero-order chi connectivity index (χ0) is 28.1. The number of H-pyrrole nitrogens is 1. The minimum atomic E-state index is -1.03. The minimum absolute atomic E-state index is 0. The van der Waals surface area contributed by atoms with E-state index in [1.54, 1.807) is 24.3 Å². The molecule has 2 aliphatic rings. The number of rotatable bonds is 7. The third-order valence-electron chi connectivity index (χ3n) is 7.78. The van der Waals surface area contributed by atoms with E-state index in [9.17, 15) is 14.3 Å². The lowest BCUT2D eigenvalue weighted by Crippen LogP contribution is -2.45. The Kier molecular flexibility index (Phi) is 12.5. The molecule has 0 unspecified atom stereocenters. The lowest BCUT2D eigenvalue weighted by Gasteiger charge is -2.34. The summed E-state index contributed by atoms with van der Waals surface area (Å²) < 4.78 is 24.6. The number of likely N-dealkylation sites (tertiary alicyclic amines) is 2. The van der Waals surface area contributed by atoms with Crippen LogP contribution in [0.25, 0.3) is 21.9 Å². The maximum Gasteiger partial charge on any atom is 0.352 e. The van der Waals surface area contributed by atoms with Crippen LogP contribution >= 0.6 is 24.8 Å². The third-order valence-corrected chi connectivity index (χ3v) is 7.78. The second-order valence-corrected chi connectivity index (χ2v) is 10.6. The molecule has 2 fully saturated rings. The van der Waals surface area contributed by atoms with Gasteiger partial charge in [0.25, 0.3) is 0 Å². The smallest absolute Gasteiger partial charge is 0.352 e. The van der Waals surface area contributed by atoms with Crippen LogP contribution in [0.2, 0.25) is 0 Å². The van der Waals surface area contributed by atoms with Crippen LogP contribution in [0.15, 0.2) is 53.1 Å². The fourth-order valence-corrected chi connectivity index (χ4v) is 5.29. The van der Waals surface area contributed by atoms with Gasteiger partial charge in [-0.05, 0) is 75.2 Å². The van der Waals surface area contributed by atoms with Crippen molar-refractivity contribution in [3.05, 3.63) is 65.8 Å². The lowest BCUT2D eigenvalue weighted by molar-refractivity contribution is 0.0691. The number of aliphatic hydroxyl groups is 1. The van der Waals surface area contributed by atoms with Crippen LogP contribution in [0.3, 0.4) is 0 Å². The number of nitrogens with zero attached hydrogens (tertiary/aromatic N) is 2. The Balaban J connectivity index is 0.000000237. The molecular formula is C30H39Cl2FN4O5. The van der Waals surface area contributed by atoms with Crippen LogP contribution in [-0.2, 0) is 6.61 Å².